The van der Waals surface area contributed by atoms with Gasteiger partial charge in [0.1, 0.15) is 5.82 Å². The molecule has 6 rings (SSSR count). The van der Waals surface area contributed by atoms with Gasteiger partial charge in [-0.05, 0) is 47.7 Å². The van der Waals surface area contributed by atoms with Gasteiger partial charge in [0.2, 0.25) is 0 Å². The van der Waals surface area contributed by atoms with Gasteiger partial charge >= 0.3 is 0 Å². The zero-order chi connectivity index (χ0) is 21.7. The summed E-state index contributed by atoms with van der Waals surface area (Å²) in [6.45, 7) is 1.37. The maximum absolute atomic E-state index is 13.8. The van der Waals surface area contributed by atoms with Crippen molar-refractivity contribution in [1.82, 2.24) is 14.5 Å². The Morgan fingerprint density at radius 1 is 0.906 bits per heavy atom. The van der Waals surface area contributed by atoms with E-state index >= 15 is 0 Å². The molecule has 1 aromatic heterocycles. The summed E-state index contributed by atoms with van der Waals surface area (Å²) in [5, 5.41) is 0.579. The van der Waals surface area contributed by atoms with Crippen LogP contribution in [-0.2, 0) is 19.4 Å². The van der Waals surface area contributed by atoms with E-state index in [2.05, 4.69) is 30.3 Å². The van der Waals surface area contributed by atoms with Gasteiger partial charge in [-0.3, -0.25) is 14.2 Å². The molecule has 4 aromatic rings. The number of hydrogen-bond donors (Lipinski definition) is 0. The molecule has 0 fully saturated rings. The van der Waals surface area contributed by atoms with Crippen LogP contribution in [0.4, 0.5) is 0 Å². The van der Waals surface area contributed by atoms with Crippen LogP contribution in [0.2, 0.25) is 0 Å². The van der Waals surface area contributed by atoms with Crippen molar-refractivity contribution in [3.05, 3.63) is 111 Å². The fourth-order valence-electron chi connectivity index (χ4n) is 5.16. The molecule has 5 nitrogen and oxygen atoms in total. The molecule has 2 aliphatic heterocycles. The zero-order valence-electron chi connectivity index (χ0n) is 17.7. The minimum Gasteiger partial charge on any atom is -0.327 e. The Hall–Kier alpha value is -3.73. The summed E-state index contributed by atoms with van der Waals surface area (Å²) in [6, 6.07) is 23.8. The molecule has 32 heavy (non-hydrogen) atoms. The van der Waals surface area contributed by atoms with Crippen molar-refractivity contribution in [3.63, 3.8) is 0 Å². The maximum atomic E-state index is 13.8. The van der Waals surface area contributed by atoms with Crippen molar-refractivity contribution in [3.8, 4) is 0 Å². The Bertz CT molecular complexity index is 1410. The molecule has 1 amide bonds. The van der Waals surface area contributed by atoms with Gasteiger partial charge in [0, 0.05) is 25.1 Å². The molecule has 158 valence electrons. The second-order valence-corrected chi connectivity index (χ2v) is 8.58. The first kappa shape index (κ1) is 19.0. The van der Waals surface area contributed by atoms with Crippen LogP contribution in [0.3, 0.4) is 0 Å². The summed E-state index contributed by atoms with van der Waals surface area (Å²) < 4.78 is 1.76. The molecule has 0 spiro atoms. The van der Waals surface area contributed by atoms with Crippen molar-refractivity contribution < 1.29 is 4.79 Å². The van der Waals surface area contributed by atoms with Gasteiger partial charge in [-0.1, -0.05) is 54.6 Å². The van der Waals surface area contributed by atoms with E-state index in [4.69, 9.17) is 4.98 Å². The van der Waals surface area contributed by atoms with E-state index in [1.165, 1.54) is 11.1 Å². The predicted molar refractivity (Wildman–Crippen MR) is 124 cm³/mol. The van der Waals surface area contributed by atoms with Gasteiger partial charge in [-0.15, -0.1) is 0 Å². The minimum atomic E-state index is -0.136. The lowest BCUT2D eigenvalue weighted by Gasteiger charge is -2.38. The highest BCUT2D eigenvalue weighted by molar-refractivity contribution is 5.98. The molecule has 1 atom stereocenters. The normalized spacial score (nSPS) is 17.2. The van der Waals surface area contributed by atoms with Gasteiger partial charge in [0.05, 0.1) is 16.9 Å². The second kappa shape index (κ2) is 7.45. The average molecular weight is 422 g/mol. The summed E-state index contributed by atoms with van der Waals surface area (Å²) in [5.41, 5.74) is 4.75. The fourth-order valence-corrected chi connectivity index (χ4v) is 5.16. The Morgan fingerprint density at radius 3 is 2.59 bits per heavy atom. The first-order valence-electron chi connectivity index (χ1n) is 11.2. The van der Waals surface area contributed by atoms with E-state index in [0.29, 0.717) is 23.0 Å². The van der Waals surface area contributed by atoms with Crippen LogP contribution >= 0.6 is 0 Å². The van der Waals surface area contributed by atoms with Crippen LogP contribution in [0.1, 0.15) is 45.3 Å². The summed E-state index contributed by atoms with van der Waals surface area (Å²) >= 11 is 0. The third-order valence-corrected chi connectivity index (χ3v) is 6.72. The number of carbonyl (C=O) groups is 1. The molecule has 0 radical (unpaired) electrons. The summed E-state index contributed by atoms with van der Waals surface area (Å²) in [5.74, 6) is 0.791. The molecule has 0 saturated carbocycles. The number of rotatable bonds is 2. The number of hydrogen-bond acceptors (Lipinski definition) is 3. The number of aryl methyl sites for hydroxylation is 1. The van der Waals surface area contributed by atoms with Crippen molar-refractivity contribution in [2.24, 2.45) is 0 Å². The topological polar surface area (TPSA) is 55.2 Å². The van der Waals surface area contributed by atoms with Crippen LogP contribution in [0.15, 0.2) is 77.6 Å². The van der Waals surface area contributed by atoms with E-state index in [-0.39, 0.29) is 17.5 Å². The van der Waals surface area contributed by atoms with E-state index in [9.17, 15) is 9.59 Å². The van der Waals surface area contributed by atoms with Crippen LogP contribution in [0, 0.1) is 0 Å². The van der Waals surface area contributed by atoms with Crippen molar-refractivity contribution in [2.45, 2.75) is 31.8 Å². The zero-order valence-corrected chi connectivity index (χ0v) is 17.7. The fraction of sp³-hybridized carbons (Fsp3) is 0.222. The lowest BCUT2D eigenvalue weighted by molar-refractivity contribution is 0.0694. The van der Waals surface area contributed by atoms with Crippen LogP contribution in [0.5, 0.6) is 0 Å². The molecule has 5 heteroatoms. The highest BCUT2D eigenvalue weighted by atomic mass is 16.2. The molecule has 0 bridgehead atoms. The van der Waals surface area contributed by atoms with Crippen molar-refractivity contribution in [1.29, 1.82) is 0 Å². The Labute approximate surface area is 186 Å². The number of carbonyl (C=O) groups excluding carboxylic acids is 1. The van der Waals surface area contributed by atoms with Gasteiger partial charge in [0.15, 0.2) is 0 Å². The summed E-state index contributed by atoms with van der Waals surface area (Å²) in [6.07, 6.45) is 2.57. The third-order valence-electron chi connectivity index (χ3n) is 6.72. The molecule has 3 heterocycles. The summed E-state index contributed by atoms with van der Waals surface area (Å²) in [7, 11) is 0. The van der Waals surface area contributed by atoms with E-state index in [1.54, 1.807) is 22.8 Å². The molecule has 0 saturated heterocycles. The third kappa shape index (κ3) is 2.96. The largest absolute Gasteiger partial charge is 0.327 e. The first-order valence-corrected chi connectivity index (χ1v) is 11.2. The Balaban J connectivity index is 1.44. The SMILES string of the molecule is O=C(c1ccc2c(=O)n3c(nc2c1)CCC3)N1CCc2ccccc2[C@@H]1c1ccccc1. The Kier molecular flexibility index (Phi) is 4.42. The summed E-state index contributed by atoms with van der Waals surface area (Å²) in [4.78, 5) is 33.2. The highest BCUT2D eigenvalue weighted by Gasteiger charge is 2.32. The lowest BCUT2D eigenvalue weighted by Crippen LogP contribution is -2.40. The lowest BCUT2D eigenvalue weighted by atomic mass is 9.87. The monoisotopic (exact) mass is 421 g/mol. The van der Waals surface area contributed by atoms with E-state index in [1.807, 2.05) is 29.2 Å². The first-order chi connectivity index (χ1) is 15.7. The molecular weight excluding hydrogens is 398 g/mol. The standard InChI is InChI=1S/C27H23N3O2/c31-26(20-12-13-22-23(17-20)28-24-11-6-15-29(24)27(22)32)30-16-14-18-7-4-5-10-21(18)25(30)19-8-2-1-3-9-19/h1-5,7-10,12-13,17,25H,6,11,14-16H2/t25-/m0/s1. The van der Waals surface area contributed by atoms with Crippen LogP contribution < -0.4 is 5.56 Å². The molecule has 2 aliphatic rings. The van der Waals surface area contributed by atoms with Gasteiger partial charge < -0.3 is 4.90 Å². The van der Waals surface area contributed by atoms with Crippen LogP contribution in [-0.4, -0.2) is 26.9 Å². The smallest absolute Gasteiger partial charge is 0.261 e. The minimum absolute atomic E-state index is 0.00411. The second-order valence-electron chi connectivity index (χ2n) is 8.58. The predicted octanol–water partition coefficient (Wildman–Crippen LogP) is 4.13. The van der Waals surface area contributed by atoms with Crippen LogP contribution in [0.25, 0.3) is 10.9 Å². The molecule has 0 N–H and O–H groups in total. The quantitative estimate of drug-likeness (QED) is 0.489. The number of fused-ring (bicyclic) bond motifs is 3. The average Bonchev–Trinajstić information content (AvgIpc) is 3.32. The highest BCUT2D eigenvalue weighted by Crippen LogP contribution is 2.36. The van der Waals surface area contributed by atoms with Gasteiger partial charge in [-0.2, -0.15) is 0 Å². The van der Waals surface area contributed by atoms with Crippen molar-refractivity contribution >= 4 is 16.8 Å². The van der Waals surface area contributed by atoms with Gasteiger partial charge in [-0.25, -0.2) is 4.98 Å². The van der Waals surface area contributed by atoms with Gasteiger partial charge in [0.25, 0.3) is 11.5 Å². The Morgan fingerprint density at radius 2 is 1.72 bits per heavy atom. The van der Waals surface area contributed by atoms with E-state index in [0.717, 1.165) is 37.2 Å². The molecule has 0 aliphatic carbocycles. The number of benzene rings is 3. The number of aromatic nitrogens is 2. The maximum Gasteiger partial charge on any atom is 0.261 e. The number of amides is 1. The molecule has 0 unspecified atom stereocenters. The number of nitrogens with zero attached hydrogens (tertiary/aromatic N) is 3. The van der Waals surface area contributed by atoms with Crippen molar-refractivity contribution in [2.75, 3.05) is 6.54 Å². The van der Waals surface area contributed by atoms with E-state index < -0.39 is 0 Å². The molecule has 3 aromatic carbocycles. The molecular formula is C27H23N3O2.